The molecule has 27 heavy (non-hydrogen) atoms. The molecule has 0 aromatic heterocycles. The monoisotopic (exact) mass is 402 g/mol. The van der Waals surface area contributed by atoms with Crippen molar-refractivity contribution >= 4 is 46.2 Å². The number of methoxy groups -OCH3 is 1. The van der Waals surface area contributed by atoms with Crippen molar-refractivity contribution in [1.82, 2.24) is 5.32 Å². The highest BCUT2D eigenvalue weighted by atomic mass is 35.5. The summed E-state index contributed by atoms with van der Waals surface area (Å²) >= 11 is 7.42. The van der Waals surface area contributed by atoms with Gasteiger partial charge < -0.3 is 14.8 Å². The van der Waals surface area contributed by atoms with E-state index in [1.54, 1.807) is 19.3 Å². The van der Waals surface area contributed by atoms with Crippen LogP contribution in [-0.2, 0) is 4.79 Å². The number of amidine groups is 1. The third-order valence-corrected chi connectivity index (χ3v) is 5.14. The average molecular weight is 403 g/mol. The normalized spacial score (nSPS) is 16.7. The quantitative estimate of drug-likeness (QED) is 0.719. The molecule has 3 rings (SSSR count). The maximum atomic E-state index is 12.3. The summed E-state index contributed by atoms with van der Waals surface area (Å²) in [5.41, 5.74) is 2.52. The number of rotatable bonds is 5. The van der Waals surface area contributed by atoms with E-state index in [0.29, 0.717) is 38.9 Å². The van der Waals surface area contributed by atoms with Gasteiger partial charge in [-0.1, -0.05) is 23.7 Å². The Bertz CT molecular complexity index is 941. The van der Waals surface area contributed by atoms with Gasteiger partial charge in [-0.05, 0) is 67.1 Å². The third-order valence-electron chi connectivity index (χ3n) is 3.82. The Labute approximate surface area is 167 Å². The van der Waals surface area contributed by atoms with E-state index in [1.807, 2.05) is 44.2 Å². The summed E-state index contributed by atoms with van der Waals surface area (Å²) in [5, 5.41) is 3.94. The molecular formula is C20H19ClN2O3S. The van der Waals surface area contributed by atoms with Crippen LogP contribution in [0.1, 0.15) is 18.1 Å². The Morgan fingerprint density at radius 1 is 1.22 bits per heavy atom. The van der Waals surface area contributed by atoms with E-state index in [1.165, 1.54) is 11.8 Å². The van der Waals surface area contributed by atoms with Gasteiger partial charge in [0.25, 0.3) is 5.91 Å². The molecule has 140 valence electrons. The molecule has 1 fully saturated rings. The van der Waals surface area contributed by atoms with Crippen molar-refractivity contribution in [3.8, 4) is 11.5 Å². The zero-order chi connectivity index (χ0) is 19.4. The van der Waals surface area contributed by atoms with Gasteiger partial charge in [0.15, 0.2) is 16.7 Å². The number of aryl methyl sites for hydroxylation is 1. The van der Waals surface area contributed by atoms with Gasteiger partial charge in [-0.2, -0.15) is 0 Å². The third kappa shape index (κ3) is 4.64. The van der Waals surface area contributed by atoms with E-state index in [0.717, 1.165) is 11.1 Å². The van der Waals surface area contributed by atoms with Crippen molar-refractivity contribution in [3.63, 3.8) is 0 Å². The molecular weight excluding hydrogens is 384 g/mol. The van der Waals surface area contributed by atoms with Gasteiger partial charge in [0.2, 0.25) is 0 Å². The van der Waals surface area contributed by atoms with Crippen LogP contribution in [0.25, 0.3) is 6.08 Å². The fourth-order valence-electron chi connectivity index (χ4n) is 2.45. The fraction of sp³-hybridized carbons (Fsp3) is 0.200. The highest BCUT2D eigenvalue weighted by molar-refractivity contribution is 8.18. The van der Waals surface area contributed by atoms with Gasteiger partial charge in [0, 0.05) is 5.02 Å². The molecule has 5 nitrogen and oxygen atoms in total. The van der Waals surface area contributed by atoms with Crippen molar-refractivity contribution < 1.29 is 14.3 Å². The minimum Gasteiger partial charge on any atom is -0.493 e. The minimum atomic E-state index is -0.189. The number of aliphatic imine (C=N–C) groups is 1. The van der Waals surface area contributed by atoms with Crippen LogP contribution >= 0.6 is 23.4 Å². The Morgan fingerprint density at radius 3 is 2.74 bits per heavy atom. The highest BCUT2D eigenvalue weighted by Gasteiger charge is 2.24. The standard InChI is InChI=1S/C20H19ClN2O3S/c1-4-26-17-9-13(6-8-16(17)25-3)10-18-19(24)23-20(27-18)22-14-7-5-12(2)15(21)11-14/h5-11H,4H2,1-3H3,(H,22,23,24)/b18-10-. The summed E-state index contributed by atoms with van der Waals surface area (Å²) in [6, 6.07) is 11.1. The maximum absolute atomic E-state index is 12.3. The molecule has 1 amide bonds. The number of halogens is 1. The number of hydrogen-bond acceptors (Lipinski definition) is 5. The SMILES string of the molecule is CCOc1cc(/C=C2\SC(=Nc3ccc(C)c(Cl)c3)NC2=O)ccc1OC. The molecule has 0 unspecified atom stereocenters. The number of thioether (sulfide) groups is 1. The van der Waals surface area contributed by atoms with Gasteiger partial charge in [0.05, 0.1) is 24.3 Å². The highest BCUT2D eigenvalue weighted by Crippen LogP contribution is 2.32. The Balaban J connectivity index is 1.83. The minimum absolute atomic E-state index is 0.189. The van der Waals surface area contributed by atoms with Crippen LogP contribution in [0.4, 0.5) is 5.69 Å². The molecule has 0 aliphatic carbocycles. The van der Waals surface area contributed by atoms with Gasteiger partial charge in [-0.3, -0.25) is 4.79 Å². The molecule has 2 aromatic rings. The first-order chi connectivity index (χ1) is 13.0. The van der Waals surface area contributed by atoms with Crippen molar-refractivity contribution in [2.24, 2.45) is 4.99 Å². The van der Waals surface area contributed by atoms with Crippen LogP contribution in [0.2, 0.25) is 5.02 Å². The number of ether oxygens (including phenoxy) is 2. The summed E-state index contributed by atoms with van der Waals surface area (Å²) in [6.07, 6.45) is 1.80. The Hall–Kier alpha value is -2.44. The van der Waals surface area contributed by atoms with Gasteiger partial charge in [0.1, 0.15) is 0 Å². The Morgan fingerprint density at radius 2 is 2.04 bits per heavy atom. The van der Waals surface area contributed by atoms with Crippen LogP contribution in [0.5, 0.6) is 11.5 Å². The summed E-state index contributed by atoms with van der Waals surface area (Å²) in [7, 11) is 1.59. The van der Waals surface area contributed by atoms with Gasteiger partial charge >= 0.3 is 0 Å². The second kappa shape index (κ2) is 8.50. The molecule has 0 bridgehead atoms. The van der Waals surface area contributed by atoms with E-state index in [2.05, 4.69) is 10.3 Å². The van der Waals surface area contributed by atoms with E-state index < -0.39 is 0 Å². The zero-order valence-electron chi connectivity index (χ0n) is 15.2. The van der Waals surface area contributed by atoms with Crippen molar-refractivity contribution in [1.29, 1.82) is 0 Å². The number of nitrogens with one attached hydrogen (secondary N) is 1. The summed E-state index contributed by atoms with van der Waals surface area (Å²) in [4.78, 5) is 17.3. The van der Waals surface area contributed by atoms with Crippen LogP contribution in [0.3, 0.4) is 0 Å². The second-order valence-electron chi connectivity index (χ2n) is 5.76. The van der Waals surface area contributed by atoms with E-state index >= 15 is 0 Å². The topological polar surface area (TPSA) is 59.9 Å². The fourth-order valence-corrected chi connectivity index (χ4v) is 3.47. The molecule has 0 spiro atoms. The molecule has 0 radical (unpaired) electrons. The average Bonchev–Trinajstić information content (AvgIpc) is 2.98. The molecule has 1 N–H and O–H groups in total. The largest absolute Gasteiger partial charge is 0.493 e. The maximum Gasteiger partial charge on any atom is 0.264 e. The number of carbonyl (C=O) groups is 1. The molecule has 1 saturated heterocycles. The van der Waals surface area contributed by atoms with Gasteiger partial charge in [-0.15, -0.1) is 0 Å². The van der Waals surface area contributed by atoms with Crippen LogP contribution in [0, 0.1) is 6.92 Å². The lowest BCUT2D eigenvalue weighted by Crippen LogP contribution is -2.19. The van der Waals surface area contributed by atoms with E-state index in [9.17, 15) is 4.79 Å². The molecule has 7 heteroatoms. The summed E-state index contributed by atoms with van der Waals surface area (Å²) < 4.78 is 10.9. The first-order valence-corrected chi connectivity index (χ1v) is 9.56. The zero-order valence-corrected chi connectivity index (χ0v) is 16.8. The first-order valence-electron chi connectivity index (χ1n) is 8.36. The summed E-state index contributed by atoms with van der Waals surface area (Å²) in [6.45, 7) is 4.37. The molecule has 0 saturated carbocycles. The number of carbonyl (C=O) groups excluding carboxylic acids is 1. The van der Waals surface area contributed by atoms with E-state index in [-0.39, 0.29) is 5.91 Å². The lowest BCUT2D eigenvalue weighted by Gasteiger charge is -2.09. The number of nitrogens with zero attached hydrogens (tertiary/aromatic N) is 1. The molecule has 1 aliphatic heterocycles. The second-order valence-corrected chi connectivity index (χ2v) is 7.20. The molecule has 1 heterocycles. The Kier molecular flexibility index (Phi) is 6.08. The number of hydrogen-bond donors (Lipinski definition) is 1. The smallest absolute Gasteiger partial charge is 0.264 e. The lowest BCUT2D eigenvalue weighted by atomic mass is 10.2. The summed E-state index contributed by atoms with van der Waals surface area (Å²) in [5.74, 6) is 1.10. The predicted molar refractivity (Wildman–Crippen MR) is 111 cm³/mol. The number of amides is 1. The van der Waals surface area contributed by atoms with Crippen LogP contribution < -0.4 is 14.8 Å². The van der Waals surface area contributed by atoms with Crippen molar-refractivity contribution in [2.75, 3.05) is 13.7 Å². The van der Waals surface area contributed by atoms with Crippen LogP contribution in [0.15, 0.2) is 46.3 Å². The van der Waals surface area contributed by atoms with Gasteiger partial charge in [-0.25, -0.2) is 4.99 Å². The molecule has 2 aromatic carbocycles. The molecule has 1 aliphatic rings. The lowest BCUT2D eigenvalue weighted by molar-refractivity contribution is -0.115. The number of benzene rings is 2. The predicted octanol–water partition coefficient (Wildman–Crippen LogP) is 4.95. The van der Waals surface area contributed by atoms with Crippen molar-refractivity contribution in [3.05, 3.63) is 57.5 Å². The van der Waals surface area contributed by atoms with Crippen LogP contribution in [-0.4, -0.2) is 24.8 Å². The first kappa shape index (κ1) is 19.3. The molecule has 0 atom stereocenters. The van der Waals surface area contributed by atoms with E-state index in [4.69, 9.17) is 21.1 Å². The van der Waals surface area contributed by atoms with Crippen molar-refractivity contribution in [2.45, 2.75) is 13.8 Å².